The molecule has 0 aromatic heterocycles. The molecular weight excluding hydrogens is 284 g/mol. The molecule has 106 valence electrons. The summed E-state index contributed by atoms with van der Waals surface area (Å²) >= 11 is 5.69. The van der Waals surface area contributed by atoms with Gasteiger partial charge in [-0.2, -0.15) is 0 Å². The van der Waals surface area contributed by atoms with Crippen molar-refractivity contribution < 1.29 is 13.5 Å². The smallest absolute Gasteiger partial charge is 0.148 e. The Morgan fingerprint density at radius 3 is 2.70 bits per heavy atom. The van der Waals surface area contributed by atoms with E-state index in [1.54, 1.807) is 25.1 Å². The zero-order valence-electron chi connectivity index (χ0n) is 10.9. The fraction of sp³-hybridized carbons (Fsp3) is 0.200. The van der Waals surface area contributed by atoms with Crippen LogP contribution in [-0.4, -0.2) is 0 Å². The van der Waals surface area contributed by atoms with Crippen molar-refractivity contribution in [1.29, 1.82) is 0 Å². The molecule has 0 spiro atoms. The largest absolute Gasteiger partial charge is 0.488 e. The Balaban J connectivity index is 2.22. The molecule has 0 aliphatic rings. The highest BCUT2D eigenvalue weighted by Crippen LogP contribution is 2.26. The number of nitrogens with two attached hydrogens (primary N) is 1. The van der Waals surface area contributed by atoms with E-state index >= 15 is 0 Å². The molecule has 0 unspecified atom stereocenters. The lowest BCUT2D eigenvalue weighted by molar-refractivity contribution is 0.294. The van der Waals surface area contributed by atoms with Crippen molar-refractivity contribution in [2.24, 2.45) is 5.73 Å². The van der Waals surface area contributed by atoms with Gasteiger partial charge in [0, 0.05) is 23.2 Å². The maximum absolute atomic E-state index is 13.7. The van der Waals surface area contributed by atoms with Crippen molar-refractivity contribution in [3.63, 3.8) is 0 Å². The van der Waals surface area contributed by atoms with Crippen molar-refractivity contribution in [2.45, 2.75) is 19.6 Å². The molecule has 20 heavy (non-hydrogen) atoms. The van der Waals surface area contributed by atoms with Crippen LogP contribution in [0.15, 0.2) is 36.4 Å². The van der Waals surface area contributed by atoms with E-state index < -0.39 is 11.6 Å². The lowest BCUT2D eigenvalue weighted by Crippen LogP contribution is -2.09. The Hall–Kier alpha value is -1.65. The van der Waals surface area contributed by atoms with Crippen molar-refractivity contribution in [3.8, 4) is 5.75 Å². The molecule has 0 bridgehead atoms. The Bertz CT molecular complexity index is 617. The normalized spacial score (nSPS) is 12.2. The van der Waals surface area contributed by atoms with Crippen LogP contribution in [-0.2, 0) is 6.61 Å². The van der Waals surface area contributed by atoms with E-state index in [2.05, 4.69) is 0 Å². The van der Waals surface area contributed by atoms with Crippen LogP contribution in [0.3, 0.4) is 0 Å². The third kappa shape index (κ3) is 3.26. The van der Waals surface area contributed by atoms with Gasteiger partial charge in [-0.15, -0.1) is 0 Å². The standard InChI is InChI=1S/C15H14ClF2NO/c1-9(19)12-6-5-11(17)7-14(12)20-8-10-3-2-4-13(16)15(10)18/h2-7,9H,8,19H2,1H3/t9-/m1/s1. The second-order valence-corrected chi connectivity index (χ2v) is 4.88. The maximum Gasteiger partial charge on any atom is 0.148 e. The minimum Gasteiger partial charge on any atom is -0.488 e. The molecule has 2 nitrogen and oxygen atoms in total. The van der Waals surface area contributed by atoms with Gasteiger partial charge in [-0.25, -0.2) is 8.78 Å². The first-order chi connectivity index (χ1) is 9.49. The van der Waals surface area contributed by atoms with Crippen LogP contribution in [0.5, 0.6) is 5.75 Å². The molecule has 0 aliphatic heterocycles. The molecule has 2 aromatic carbocycles. The molecule has 1 atom stereocenters. The predicted molar refractivity (Wildman–Crippen MR) is 74.7 cm³/mol. The van der Waals surface area contributed by atoms with E-state index in [0.717, 1.165) is 0 Å². The third-order valence-electron chi connectivity index (χ3n) is 2.88. The molecular formula is C15H14ClF2NO. The van der Waals surface area contributed by atoms with Crippen LogP contribution in [0, 0.1) is 11.6 Å². The number of benzene rings is 2. The maximum atomic E-state index is 13.7. The summed E-state index contributed by atoms with van der Waals surface area (Å²) in [5.74, 6) is -0.664. The van der Waals surface area contributed by atoms with Crippen LogP contribution in [0.4, 0.5) is 8.78 Å². The Kier molecular flexibility index (Phi) is 4.57. The van der Waals surface area contributed by atoms with Crippen LogP contribution >= 0.6 is 11.6 Å². The zero-order chi connectivity index (χ0) is 14.7. The van der Waals surface area contributed by atoms with E-state index in [4.69, 9.17) is 22.1 Å². The predicted octanol–water partition coefficient (Wildman–Crippen LogP) is 4.22. The van der Waals surface area contributed by atoms with Crippen molar-refractivity contribution in [1.82, 2.24) is 0 Å². The first-order valence-corrected chi connectivity index (χ1v) is 6.47. The molecule has 0 saturated carbocycles. The number of hydrogen-bond acceptors (Lipinski definition) is 2. The fourth-order valence-electron chi connectivity index (χ4n) is 1.82. The molecule has 0 fully saturated rings. The summed E-state index contributed by atoms with van der Waals surface area (Å²) in [5.41, 5.74) is 6.75. The Labute approximate surface area is 121 Å². The number of hydrogen-bond donors (Lipinski definition) is 1. The van der Waals surface area contributed by atoms with E-state index in [9.17, 15) is 8.78 Å². The highest BCUT2D eigenvalue weighted by atomic mass is 35.5. The summed E-state index contributed by atoms with van der Waals surface area (Å²) in [6.45, 7) is 1.72. The summed E-state index contributed by atoms with van der Waals surface area (Å²) in [6.07, 6.45) is 0. The van der Waals surface area contributed by atoms with Crippen LogP contribution < -0.4 is 10.5 Å². The Morgan fingerprint density at radius 1 is 1.25 bits per heavy atom. The van der Waals surface area contributed by atoms with Gasteiger partial charge in [0.15, 0.2) is 0 Å². The summed E-state index contributed by atoms with van der Waals surface area (Å²) in [6, 6.07) is 8.44. The minimum absolute atomic E-state index is 0.0257. The highest BCUT2D eigenvalue weighted by Gasteiger charge is 2.12. The van der Waals surface area contributed by atoms with Gasteiger partial charge >= 0.3 is 0 Å². The van der Waals surface area contributed by atoms with Crippen molar-refractivity contribution in [2.75, 3.05) is 0 Å². The van der Waals surface area contributed by atoms with Crippen LogP contribution in [0.1, 0.15) is 24.1 Å². The first kappa shape index (κ1) is 14.8. The fourth-order valence-corrected chi connectivity index (χ4v) is 2.02. The molecule has 2 rings (SSSR count). The quantitative estimate of drug-likeness (QED) is 0.917. The van der Waals surface area contributed by atoms with Gasteiger partial charge in [-0.1, -0.05) is 29.8 Å². The molecule has 0 heterocycles. The van der Waals surface area contributed by atoms with E-state index in [-0.39, 0.29) is 17.7 Å². The van der Waals surface area contributed by atoms with Gasteiger partial charge in [0.2, 0.25) is 0 Å². The molecule has 0 amide bonds. The molecule has 2 aromatic rings. The van der Waals surface area contributed by atoms with E-state index in [1.165, 1.54) is 18.2 Å². The average Bonchev–Trinajstić information content (AvgIpc) is 2.40. The van der Waals surface area contributed by atoms with Gasteiger partial charge in [0.1, 0.15) is 24.0 Å². The first-order valence-electron chi connectivity index (χ1n) is 6.09. The van der Waals surface area contributed by atoms with Crippen LogP contribution in [0.2, 0.25) is 5.02 Å². The second kappa shape index (κ2) is 6.20. The zero-order valence-corrected chi connectivity index (χ0v) is 11.6. The van der Waals surface area contributed by atoms with E-state index in [1.807, 2.05) is 0 Å². The van der Waals surface area contributed by atoms with Gasteiger partial charge in [-0.3, -0.25) is 0 Å². The van der Waals surface area contributed by atoms with Crippen molar-refractivity contribution >= 4 is 11.6 Å². The summed E-state index contributed by atoms with van der Waals surface area (Å²) in [4.78, 5) is 0. The summed E-state index contributed by atoms with van der Waals surface area (Å²) in [7, 11) is 0. The van der Waals surface area contributed by atoms with Gasteiger partial charge in [-0.05, 0) is 19.1 Å². The van der Waals surface area contributed by atoms with Crippen molar-refractivity contribution in [3.05, 3.63) is 64.2 Å². The number of rotatable bonds is 4. The highest BCUT2D eigenvalue weighted by molar-refractivity contribution is 6.30. The second-order valence-electron chi connectivity index (χ2n) is 4.47. The molecule has 0 aliphatic carbocycles. The van der Waals surface area contributed by atoms with Crippen LogP contribution in [0.25, 0.3) is 0 Å². The van der Waals surface area contributed by atoms with Gasteiger partial charge in [0.25, 0.3) is 0 Å². The summed E-state index contributed by atoms with van der Waals surface area (Å²) < 4.78 is 32.5. The summed E-state index contributed by atoms with van der Waals surface area (Å²) in [5, 5.41) is 0.0257. The SMILES string of the molecule is C[C@@H](N)c1ccc(F)cc1OCc1cccc(Cl)c1F. The molecule has 2 N–H and O–H groups in total. The minimum atomic E-state index is -0.534. The lowest BCUT2D eigenvalue weighted by Gasteiger charge is -2.14. The Morgan fingerprint density at radius 2 is 2.00 bits per heavy atom. The third-order valence-corrected chi connectivity index (χ3v) is 3.17. The van der Waals surface area contributed by atoms with E-state index in [0.29, 0.717) is 16.9 Å². The molecule has 0 radical (unpaired) electrons. The van der Waals surface area contributed by atoms with Gasteiger partial charge < -0.3 is 10.5 Å². The molecule has 0 saturated heterocycles. The number of ether oxygens (including phenoxy) is 1. The molecule has 5 heteroatoms. The monoisotopic (exact) mass is 297 g/mol. The topological polar surface area (TPSA) is 35.2 Å². The number of halogens is 3. The van der Waals surface area contributed by atoms with Gasteiger partial charge in [0.05, 0.1) is 5.02 Å². The lowest BCUT2D eigenvalue weighted by atomic mass is 10.1. The average molecular weight is 298 g/mol.